The molecule has 1 unspecified atom stereocenters. The number of carbonyl (C=O) groups is 1. The molecule has 1 saturated carbocycles. The fourth-order valence-corrected chi connectivity index (χ4v) is 4.36. The molecule has 0 saturated heterocycles. The topological polar surface area (TPSA) is 55.1 Å². The smallest absolute Gasteiger partial charge is 0.233 e. The molecule has 1 aliphatic carbocycles. The molecule has 116 valence electrons. The lowest BCUT2D eigenvalue weighted by Gasteiger charge is -2.33. The van der Waals surface area contributed by atoms with Gasteiger partial charge in [-0.15, -0.1) is 24.2 Å². The van der Waals surface area contributed by atoms with Crippen LogP contribution in [-0.4, -0.2) is 23.2 Å². The monoisotopic (exact) mass is 326 g/mol. The van der Waals surface area contributed by atoms with Gasteiger partial charge in [0.1, 0.15) is 0 Å². The number of benzene rings is 1. The summed E-state index contributed by atoms with van der Waals surface area (Å²) in [6.45, 7) is 0.624. The average Bonchev–Trinajstić information content (AvgIpc) is 2.89. The van der Waals surface area contributed by atoms with E-state index in [1.165, 1.54) is 29.7 Å². The maximum Gasteiger partial charge on any atom is 0.233 e. The summed E-state index contributed by atoms with van der Waals surface area (Å²) < 4.78 is 0. The highest BCUT2D eigenvalue weighted by atomic mass is 35.5. The summed E-state index contributed by atoms with van der Waals surface area (Å²) in [7, 11) is 0. The highest BCUT2D eigenvalue weighted by Crippen LogP contribution is 2.36. The molecular formula is C16H23ClN2OS. The van der Waals surface area contributed by atoms with Crippen molar-refractivity contribution in [2.75, 3.05) is 6.54 Å². The molecule has 3 rings (SSSR count). The molecule has 0 radical (unpaired) electrons. The maximum atomic E-state index is 12.3. The standard InChI is InChI=1S/C16H22N2OS.ClH/c17-16(8-4-1-5-9-16)11-18-15(19)14-10-12-6-2-3-7-13(12)20-14;/h2-3,6-7,14H,1,4-5,8-11,17H2,(H,18,19);1H. The van der Waals surface area contributed by atoms with Crippen LogP contribution < -0.4 is 11.1 Å². The van der Waals surface area contributed by atoms with Crippen LogP contribution in [0.25, 0.3) is 0 Å². The van der Waals surface area contributed by atoms with Crippen LogP contribution in [0, 0.1) is 0 Å². The molecular weight excluding hydrogens is 304 g/mol. The van der Waals surface area contributed by atoms with E-state index >= 15 is 0 Å². The SMILES string of the molecule is Cl.NC1(CNC(=O)C2Cc3ccccc3S2)CCCCC1. The minimum Gasteiger partial charge on any atom is -0.353 e. The van der Waals surface area contributed by atoms with Crippen molar-refractivity contribution in [3.63, 3.8) is 0 Å². The van der Waals surface area contributed by atoms with Crippen molar-refractivity contribution in [1.29, 1.82) is 0 Å². The second-order valence-corrected chi connectivity index (χ2v) is 7.30. The molecule has 1 fully saturated rings. The first kappa shape index (κ1) is 16.7. The molecule has 1 aromatic carbocycles. The predicted octanol–water partition coefficient (Wildman–Crippen LogP) is 2.90. The summed E-state index contributed by atoms with van der Waals surface area (Å²) >= 11 is 1.68. The first-order valence-corrected chi connectivity index (χ1v) is 8.35. The zero-order valence-electron chi connectivity index (χ0n) is 12.1. The quantitative estimate of drug-likeness (QED) is 0.898. The van der Waals surface area contributed by atoms with Crippen LogP contribution in [0.4, 0.5) is 0 Å². The lowest BCUT2D eigenvalue weighted by molar-refractivity contribution is -0.120. The van der Waals surface area contributed by atoms with Crippen LogP contribution in [0.2, 0.25) is 0 Å². The van der Waals surface area contributed by atoms with Gasteiger partial charge in [0.25, 0.3) is 0 Å². The molecule has 3 nitrogen and oxygen atoms in total. The molecule has 1 amide bonds. The van der Waals surface area contributed by atoms with Gasteiger partial charge < -0.3 is 11.1 Å². The van der Waals surface area contributed by atoms with Crippen molar-refractivity contribution in [2.45, 2.75) is 54.2 Å². The number of fused-ring (bicyclic) bond motifs is 1. The van der Waals surface area contributed by atoms with Gasteiger partial charge in [0.2, 0.25) is 5.91 Å². The Balaban J connectivity index is 0.00000161. The molecule has 1 aliphatic heterocycles. The van der Waals surface area contributed by atoms with Gasteiger partial charge in [0.15, 0.2) is 0 Å². The van der Waals surface area contributed by atoms with E-state index in [9.17, 15) is 4.79 Å². The van der Waals surface area contributed by atoms with Gasteiger partial charge in [-0.3, -0.25) is 4.79 Å². The van der Waals surface area contributed by atoms with Gasteiger partial charge in [0.05, 0.1) is 5.25 Å². The molecule has 0 spiro atoms. The zero-order valence-corrected chi connectivity index (χ0v) is 13.8. The van der Waals surface area contributed by atoms with Crippen molar-refractivity contribution in [3.8, 4) is 0 Å². The summed E-state index contributed by atoms with van der Waals surface area (Å²) in [5.41, 5.74) is 7.48. The van der Waals surface area contributed by atoms with Crippen molar-refractivity contribution in [1.82, 2.24) is 5.32 Å². The van der Waals surface area contributed by atoms with Gasteiger partial charge in [-0.1, -0.05) is 37.5 Å². The number of amides is 1. The minimum absolute atomic E-state index is 0. The Morgan fingerprint density at radius 3 is 2.71 bits per heavy atom. The fourth-order valence-electron chi connectivity index (χ4n) is 3.14. The second-order valence-electron chi connectivity index (χ2n) is 6.06. The van der Waals surface area contributed by atoms with E-state index < -0.39 is 0 Å². The third-order valence-corrected chi connectivity index (χ3v) is 5.72. The minimum atomic E-state index is -0.177. The first-order valence-electron chi connectivity index (χ1n) is 7.47. The Morgan fingerprint density at radius 2 is 2.00 bits per heavy atom. The van der Waals surface area contributed by atoms with Crippen LogP contribution in [-0.2, 0) is 11.2 Å². The van der Waals surface area contributed by atoms with E-state index in [1.807, 2.05) is 12.1 Å². The van der Waals surface area contributed by atoms with E-state index in [0.29, 0.717) is 6.54 Å². The fraction of sp³-hybridized carbons (Fsp3) is 0.562. The van der Waals surface area contributed by atoms with Gasteiger partial charge in [-0.05, 0) is 30.9 Å². The zero-order chi connectivity index (χ0) is 14.0. The Bertz CT molecular complexity index is 478. The van der Waals surface area contributed by atoms with Crippen LogP contribution in [0.3, 0.4) is 0 Å². The summed E-state index contributed by atoms with van der Waals surface area (Å²) in [6.07, 6.45) is 6.56. The number of halogens is 1. The van der Waals surface area contributed by atoms with E-state index in [0.717, 1.165) is 19.3 Å². The number of nitrogens with two attached hydrogens (primary N) is 1. The van der Waals surface area contributed by atoms with Crippen LogP contribution in [0.15, 0.2) is 29.2 Å². The number of hydrogen-bond acceptors (Lipinski definition) is 3. The molecule has 0 aromatic heterocycles. The Morgan fingerprint density at radius 1 is 1.29 bits per heavy atom. The largest absolute Gasteiger partial charge is 0.353 e. The normalized spacial score (nSPS) is 23.0. The third-order valence-electron chi connectivity index (χ3n) is 4.40. The molecule has 5 heteroatoms. The maximum absolute atomic E-state index is 12.3. The predicted molar refractivity (Wildman–Crippen MR) is 90.1 cm³/mol. The number of rotatable bonds is 3. The molecule has 2 aliphatic rings. The lowest BCUT2D eigenvalue weighted by Crippen LogP contribution is -2.52. The molecule has 21 heavy (non-hydrogen) atoms. The highest BCUT2D eigenvalue weighted by Gasteiger charge is 2.31. The average molecular weight is 327 g/mol. The second kappa shape index (κ2) is 7.03. The number of nitrogens with one attached hydrogen (secondary N) is 1. The van der Waals surface area contributed by atoms with Crippen molar-refractivity contribution < 1.29 is 4.79 Å². The summed E-state index contributed by atoms with van der Waals surface area (Å²) in [5, 5.41) is 3.10. The van der Waals surface area contributed by atoms with Gasteiger partial charge in [0, 0.05) is 17.0 Å². The van der Waals surface area contributed by atoms with E-state index in [4.69, 9.17) is 5.73 Å². The van der Waals surface area contributed by atoms with Crippen LogP contribution in [0.1, 0.15) is 37.7 Å². The van der Waals surface area contributed by atoms with Gasteiger partial charge in [-0.25, -0.2) is 0 Å². The van der Waals surface area contributed by atoms with E-state index in [1.54, 1.807) is 11.8 Å². The van der Waals surface area contributed by atoms with Gasteiger partial charge in [-0.2, -0.15) is 0 Å². The van der Waals surface area contributed by atoms with Crippen molar-refractivity contribution >= 4 is 30.1 Å². The molecule has 1 heterocycles. The lowest BCUT2D eigenvalue weighted by atomic mass is 9.82. The Kier molecular flexibility index (Phi) is 5.58. The van der Waals surface area contributed by atoms with Crippen LogP contribution in [0.5, 0.6) is 0 Å². The van der Waals surface area contributed by atoms with E-state index in [2.05, 4.69) is 17.4 Å². The Hall–Kier alpha value is -0.710. The number of thioether (sulfide) groups is 1. The van der Waals surface area contributed by atoms with Crippen molar-refractivity contribution in [3.05, 3.63) is 29.8 Å². The Labute approximate surface area is 136 Å². The number of hydrogen-bond donors (Lipinski definition) is 2. The molecule has 1 aromatic rings. The summed E-state index contributed by atoms with van der Waals surface area (Å²) in [5.74, 6) is 0.140. The third kappa shape index (κ3) is 3.93. The summed E-state index contributed by atoms with van der Waals surface area (Å²) in [4.78, 5) is 13.6. The first-order chi connectivity index (χ1) is 9.66. The van der Waals surface area contributed by atoms with Crippen molar-refractivity contribution in [2.24, 2.45) is 5.73 Å². The molecule has 1 atom stereocenters. The number of carbonyl (C=O) groups excluding carboxylic acids is 1. The van der Waals surface area contributed by atoms with Gasteiger partial charge >= 0.3 is 0 Å². The summed E-state index contributed by atoms with van der Waals surface area (Å²) in [6, 6.07) is 8.28. The highest BCUT2D eigenvalue weighted by molar-refractivity contribution is 8.01. The molecule has 3 N–H and O–H groups in total. The molecule has 0 bridgehead atoms. The van der Waals surface area contributed by atoms with Crippen LogP contribution >= 0.6 is 24.2 Å². The van der Waals surface area contributed by atoms with E-state index in [-0.39, 0.29) is 29.1 Å².